The van der Waals surface area contributed by atoms with Crippen LogP contribution in [0.15, 0.2) is 12.1 Å². The van der Waals surface area contributed by atoms with Crippen LogP contribution in [-0.2, 0) is 6.54 Å². The average Bonchev–Trinajstić information content (AvgIpc) is 2.83. The van der Waals surface area contributed by atoms with Crippen LogP contribution in [0.25, 0.3) is 10.2 Å². The van der Waals surface area contributed by atoms with Gasteiger partial charge in [-0.05, 0) is 19.1 Å². The standard InChI is InChI=1S/C12H12ClN3OS/c1-3-16-8-7-11(13)18-10(8)6-9(16)12(17)15(2)5-4-14/h6-7H,3,5H2,1-2H3. The van der Waals surface area contributed by atoms with E-state index in [9.17, 15) is 4.79 Å². The van der Waals surface area contributed by atoms with E-state index >= 15 is 0 Å². The summed E-state index contributed by atoms with van der Waals surface area (Å²) >= 11 is 7.42. The summed E-state index contributed by atoms with van der Waals surface area (Å²) in [7, 11) is 1.62. The zero-order chi connectivity index (χ0) is 13.3. The molecule has 0 aliphatic carbocycles. The van der Waals surface area contributed by atoms with Gasteiger partial charge in [0.05, 0.1) is 20.6 Å². The summed E-state index contributed by atoms with van der Waals surface area (Å²) in [5.74, 6) is -0.141. The van der Waals surface area contributed by atoms with Crippen LogP contribution in [0, 0.1) is 11.3 Å². The van der Waals surface area contributed by atoms with Crippen molar-refractivity contribution in [2.24, 2.45) is 0 Å². The second-order valence-electron chi connectivity index (χ2n) is 3.89. The van der Waals surface area contributed by atoms with Crippen LogP contribution in [0.3, 0.4) is 0 Å². The first-order valence-corrected chi connectivity index (χ1v) is 6.69. The van der Waals surface area contributed by atoms with Gasteiger partial charge in [0.25, 0.3) is 5.91 Å². The summed E-state index contributed by atoms with van der Waals surface area (Å²) in [4.78, 5) is 13.6. The number of aryl methyl sites for hydroxylation is 1. The van der Waals surface area contributed by atoms with E-state index in [1.165, 1.54) is 16.2 Å². The number of nitrogens with zero attached hydrogens (tertiary/aromatic N) is 3. The highest BCUT2D eigenvalue weighted by Gasteiger charge is 2.19. The van der Waals surface area contributed by atoms with Crippen molar-refractivity contribution in [1.82, 2.24) is 9.47 Å². The van der Waals surface area contributed by atoms with E-state index in [0.29, 0.717) is 16.6 Å². The molecule has 0 N–H and O–H groups in total. The first kappa shape index (κ1) is 12.9. The van der Waals surface area contributed by atoms with Crippen molar-refractivity contribution in [3.8, 4) is 6.07 Å². The molecule has 0 aliphatic heterocycles. The van der Waals surface area contributed by atoms with Gasteiger partial charge in [-0.15, -0.1) is 11.3 Å². The van der Waals surface area contributed by atoms with Gasteiger partial charge in [-0.2, -0.15) is 5.26 Å². The molecule has 0 bridgehead atoms. The zero-order valence-electron chi connectivity index (χ0n) is 10.1. The zero-order valence-corrected chi connectivity index (χ0v) is 11.7. The highest BCUT2D eigenvalue weighted by molar-refractivity contribution is 7.22. The highest BCUT2D eigenvalue weighted by Crippen LogP contribution is 2.32. The normalized spacial score (nSPS) is 10.6. The summed E-state index contributed by atoms with van der Waals surface area (Å²) in [5, 5.41) is 8.63. The Hall–Kier alpha value is -1.51. The molecule has 2 heterocycles. The van der Waals surface area contributed by atoms with E-state index in [-0.39, 0.29) is 12.5 Å². The van der Waals surface area contributed by atoms with E-state index in [1.807, 2.05) is 29.7 Å². The molecular formula is C12H12ClN3OS. The Kier molecular flexibility index (Phi) is 3.60. The van der Waals surface area contributed by atoms with Gasteiger partial charge in [0.15, 0.2) is 0 Å². The molecule has 1 amide bonds. The van der Waals surface area contributed by atoms with E-state index < -0.39 is 0 Å². The maximum atomic E-state index is 12.2. The van der Waals surface area contributed by atoms with Gasteiger partial charge in [0, 0.05) is 13.6 Å². The largest absolute Gasteiger partial charge is 0.336 e. The van der Waals surface area contributed by atoms with Crippen LogP contribution < -0.4 is 0 Å². The minimum Gasteiger partial charge on any atom is -0.336 e. The smallest absolute Gasteiger partial charge is 0.271 e. The van der Waals surface area contributed by atoms with E-state index in [2.05, 4.69) is 0 Å². The molecule has 0 aromatic carbocycles. The molecule has 2 aromatic heterocycles. The molecular weight excluding hydrogens is 270 g/mol. The number of fused-ring (bicyclic) bond motifs is 1. The number of rotatable bonds is 3. The van der Waals surface area contributed by atoms with Crippen molar-refractivity contribution < 1.29 is 4.79 Å². The van der Waals surface area contributed by atoms with Crippen LogP contribution in [0.4, 0.5) is 0 Å². The van der Waals surface area contributed by atoms with Crippen LogP contribution in [-0.4, -0.2) is 29.0 Å². The Morgan fingerprint density at radius 1 is 1.61 bits per heavy atom. The predicted molar refractivity (Wildman–Crippen MR) is 73.1 cm³/mol. The highest BCUT2D eigenvalue weighted by atomic mass is 35.5. The summed E-state index contributed by atoms with van der Waals surface area (Å²) in [6.45, 7) is 2.76. The molecule has 0 unspecified atom stereocenters. The second kappa shape index (κ2) is 5.01. The molecule has 0 aliphatic rings. The van der Waals surface area contributed by atoms with Gasteiger partial charge in [-0.3, -0.25) is 4.79 Å². The Balaban J connectivity index is 2.48. The first-order valence-electron chi connectivity index (χ1n) is 5.49. The van der Waals surface area contributed by atoms with E-state index in [4.69, 9.17) is 16.9 Å². The minimum absolute atomic E-state index is 0.0854. The fourth-order valence-electron chi connectivity index (χ4n) is 1.90. The van der Waals surface area contributed by atoms with Gasteiger partial charge < -0.3 is 9.47 Å². The van der Waals surface area contributed by atoms with Crippen molar-refractivity contribution in [1.29, 1.82) is 5.26 Å². The predicted octanol–water partition coefficient (Wildman–Crippen LogP) is 2.97. The average molecular weight is 282 g/mol. The van der Waals surface area contributed by atoms with Crippen LogP contribution in [0.5, 0.6) is 0 Å². The number of halogens is 1. The molecule has 0 saturated carbocycles. The Morgan fingerprint density at radius 2 is 2.33 bits per heavy atom. The summed E-state index contributed by atoms with van der Waals surface area (Å²) < 4.78 is 3.63. The SMILES string of the molecule is CCn1c(C(=O)N(C)CC#N)cc2sc(Cl)cc21. The van der Waals surface area contributed by atoms with Crippen molar-refractivity contribution in [3.05, 3.63) is 22.2 Å². The van der Waals surface area contributed by atoms with Crippen LogP contribution in [0.2, 0.25) is 4.34 Å². The summed E-state index contributed by atoms with van der Waals surface area (Å²) in [6.07, 6.45) is 0. The molecule has 6 heteroatoms. The van der Waals surface area contributed by atoms with Crippen molar-refractivity contribution in [3.63, 3.8) is 0 Å². The Bertz CT molecular complexity index is 638. The van der Waals surface area contributed by atoms with E-state index in [0.717, 1.165) is 10.2 Å². The number of aromatic nitrogens is 1. The van der Waals surface area contributed by atoms with Crippen LogP contribution in [0.1, 0.15) is 17.4 Å². The third-order valence-electron chi connectivity index (χ3n) is 2.75. The second-order valence-corrected chi connectivity index (χ2v) is 5.61. The minimum atomic E-state index is -0.141. The van der Waals surface area contributed by atoms with Gasteiger partial charge in [-0.1, -0.05) is 11.6 Å². The monoisotopic (exact) mass is 281 g/mol. The molecule has 94 valence electrons. The van der Waals surface area contributed by atoms with Gasteiger partial charge >= 0.3 is 0 Å². The number of amides is 1. The lowest BCUT2D eigenvalue weighted by molar-refractivity contribution is 0.0802. The molecule has 2 rings (SSSR count). The van der Waals surface area contributed by atoms with Crippen LogP contribution >= 0.6 is 22.9 Å². The van der Waals surface area contributed by atoms with Gasteiger partial charge in [0.2, 0.25) is 0 Å². The quantitative estimate of drug-likeness (QED) is 0.812. The molecule has 0 spiro atoms. The first-order chi connectivity index (χ1) is 8.58. The molecule has 0 atom stereocenters. The maximum absolute atomic E-state index is 12.2. The lowest BCUT2D eigenvalue weighted by Gasteiger charge is -2.14. The number of thiophene rings is 1. The lowest BCUT2D eigenvalue weighted by Crippen LogP contribution is -2.28. The molecule has 18 heavy (non-hydrogen) atoms. The van der Waals surface area contributed by atoms with E-state index in [1.54, 1.807) is 7.05 Å². The fraction of sp³-hybridized carbons (Fsp3) is 0.333. The van der Waals surface area contributed by atoms with Crippen molar-refractivity contribution in [2.75, 3.05) is 13.6 Å². The summed E-state index contributed by atoms with van der Waals surface area (Å²) in [5.41, 5.74) is 1.58. The third kappa shape index (κ3) is 2.09. The van der Waals surface area contributed by atoms with Gasteiger partial charge in [0.1, 0.15) is 12.2 Å². The molecule has 4 nitrogen and oxygen atoms in total. The van der Waals surface area contributed by atoms with Crippen molar-refractivity contribution in [2.45, 2.75) is 13.5 Å². The van der Waals surface area contributed by atoms with Crippen molar-refractivity contribution >= 4 is 39.1 Å². The molecule has 2 aromatic rings. The fourth-order valence-corrected chi connectivity index (χ4v) is 3.08. The van der Waals surface area contributed by atoms with Gasteiger partial charge in [-0.25, -0.2) is 0 Å². The Labute approximate surface area is 114 Å². The number of carbonyl (C=O) groups is 1. The number of hydrogen-bond acceptors (Lipinski definition) is 3. The lowest BCUT2D eigenvalue weighted by atomic mass is 10.3. The number of carbonyl (C=O) groups excluding carboxylic acids is 1. The molecule has 0 saturated heterocycles. The maximum Gasteiger partial charge on any atom is 0.271 e. The molecule has 0 fully saturated rings. The number of nitriles is 1. The Morgan fingerprint density at radius 3 is 2.94 bits per heavy atom. The summed E-state index contributed by atoms with van der Waals surface area (Å²) in [6, 6.07) is 5.68. The topological polar surface area (TPSA) is 49.0 Å². The third-order valence-corrected chi connectivity index (χ3v) is 3.95. The molecule has 0 radical (unpaired) electrons. The number of hydrogen-bond donors (Lipinski definition) is 0.